The third-order valence-electron chi connectivity index (χ3n) is 10.5. The van der Waals surface area contributed by atoms with Crippen LogP contribution in [0.25, 0.3) is 0 Å². The predicted molar refractivity (Wildman–Crippen MR) is 244 cm³/mol. The predicted octanol–water partition coefficient (Wildman–Crippen LogP) is 14.4. The molecule has 0 aliphatic rings. The molecule has 0 aliphatic heterocycles. The molecule has 3 rings (SSSR count). The highest BCUT2D eigenvalue weighted by molar-refractivity contribution is 6.74. The molecule has 0 aromatic heterocycles. The molecule has 0 radical (unpaired) electrons. The molecule has 332 valence electrons. The van der Waals surface area contributed by atoms with Crippen LogP contribution in [-0.2, 0) is 0 Å². The lowest BCUT2D eigenvalue weighted by Crippen LogP contribution is -2.28. The Labute approximate surface area is 365 Å². The Kier molecular flexibility index (Phi) is 23.6. The van der Waals surface area contributed by atoms with Gasteiger partial charge in [-0.15, -0.1) is 15.3 Å². The average Bonchev–Trinajstić information content (AvgIpc) is 3.28. The average molecular weight is 855 g/mol. The van der Waals surface area contributed by atoms with Crippen molar-refractivity contribution in [3.8, 4) is 17.2 Å². The molecule has 0 spiro atoms. The van der Waals surface area contributed by atoms with Crippen molar-refractivity contribution in [1.29, 1.82) is 0 Å². The van der Waals surface area contributed by atoms with Gasteiger partial charge in [-0.25, -0.2) is 0 Å². The number of carbonyl (C=O) groups excluding carboxylic acids is 3. The lowest BCUT2D eigenvalue weighted by atomic mass is 10.1. The number of carbonyl (C=O) groups is 3. The van der Waals surface area contributed by atoms with Crippen LogP contribution in [0.5, 0.6) is 17.2 Å². The SMILES string of the molecule is CCCCCC(CC)Oc1ccccc1C(=O)N=N[Si](CCC)(N=NC(=O)c1ccccc1OC(CC)CCCCC)N=NC(=O)c1ccccc1OC(CC)CCCCC. The summed E-state index contributed by atoms with van der Waals surface area (Å²) in [5.74, 6) is -0.807. The van der Waals surface area contributed by atoms with Gasteiger partial charge in [-0.05, 0) is 94.2 Å². The normalized spacial score (nSPS) is 14.2. The Morgan fingerprint density at radius 3 is 1.00 bits per heavy atom. The van der Waals surface area contributed by atoms with Crippen molar-refractivity contribution in [2.45, 2.75) is 176 Å². The molecule has 3 aromatic carbocycles. The Morgan fingerprint density at radius 2 is 0.738 bits per heavy atom. The van der Waals surface area contributed by atoms with Crippen LogP contribution in [-0.4, -0.2) is 44.6 Å². The molecule has 3 amide bonds. The summed E-state index contributed by atoms with van der Waals surface area (Å²) >= 11 is 0. The Balaban J connectivity index is 2.06. The number of nitrogens with zero attached hydrogens (tertiary/aromatic N) is 6. The van der Waals surface area contributed by atoms with Gasteiger partial charge in [0.15, 0.2) is 0 Å². The minimum atomic E-state index is -4.03. The molecule has 0 saturated heterocycles. The van der Waals surface area contributed by atoms with Gasteiger partial charge in [0, 0.05) is 6.04 Å². The van der Waals surface area contributed by atoms with Gasteiger partial charge in [-0.1, -0.05) is 130 Å². The van der Waals surface area contributed by atoms with Crippen LogP contribution in [0.15, 0.2) is 102 Å². The lowest BCUT2D eigenvalue weighted by molar-refractivity contribution is 0.0979. The summed E-state index contributed by atoms with van der Waals surface area (Å²) in [5.41, 5.74) is 0.685. The number of hydrogen-bond acceptors (Lipinski definition) is 9. The maximum Gasteiger partial charge on any atom is 0.493 e. The number of benzene rings is 3. The molecule has 0 N–H and O–H groups in total. The van der Waals surface area contributed by atoms with Crippen LogP contribution in [0.4, 0.5) is 0 Å². The van der Waals surface area contributed by atoms with Crippen LogP contribution < -0.4 is 14.2 Å². The van der Waals surface area contributed by atoms with Gasteiger partial charge < -0.3 is 14.2 Å². The molecule has 13 heteroatoms. The molecular formula is C48H70N6O6Si. The van der Waals surface area contributed by atoms with Crippen molar-refractivity contribution in [3.05, 3.63) is 89.5 Å². The molecule has 0 heterocycles. The molecule has 0 aliphatic carbocycles. The van der Waals surface area contributed by atoms with E-state index >= 15 is 0 Å². The molecular weight excluding hydrogens is 785 g/mol. The molecule has 3 aromatic rings. The van der Waals surface area contributed by atoms with Gasteiger partial charge in [0.25, 0.3) is 17.7 Å². The van der Waals surface area contributed by atoms with E-state index in [1.807, 2.05) is 25.1 Å². The van der Waals surface area contributed by atoms with E-state index in [2.05, 4.69) is 71.2 Å². The lowest BCUT2D eigenvalue weighted by Gasteiger charge is -2.19. The number of amides is 3. The number of hydrogen-bond donors (Lipinski definition) is 0. The molecule has 12 nitrogen and oxygen atoms in total. The van der Waals surface area contributed by atoms with Crippen molar-refractivity contribution < 1.29 is 28.6 Å². The Morgan fingerprint density at radius 1 is 0.443 bits per heavy atom. The summed E-state index contributed by atoms with van der Waals surface area (Å²) in [6.45, 7) is 14.5. The molecule has 0 saturated carbocycles. The summed E-state index contributed by atoms with van der Waals surface area (Å²) in [7, 11) is -4.03. The van der Waals surface area contributed by atoms with Gasteiger partial charge in [-0.2, -0.15) is 14.3 Å². The Hall–Kier alpha value is -4.91. The summed E-state index contributed by atoms with van der Waals surface area (Å²) in [5, 5.41) is 12.5. The number of para-hydroxylation sites is 3. The third kappa shape index (κ3) is 17.2. The van der Waals surface area contributed by atoms with Crippen LogP contribution in [0.2, 0.25) is 6.04 Å². The van der Waals surface area contributed by atoms with Crippen LogP contribution in [0.1, 0.15) is 182 Å². The second-order valence-corrected chi connectivity index (χ2v) is 18.1. The topological polar surface area (TPSA) is 153 Å². The zero-order valence-electron chi connectivity index (χ0n) is 37.8. The first-order valence-corrected chi connectivity index (χ1v) is 24.9. The molecule has 0 fully saturated rings. The fourth-order valence-corrected chi connectivity index (χ4v) is 8.61. The van der Waals surface area contributed by atoms with Gasteiger partial charge in [0.2, 0.25) is 0 Å². The van der Waals surface area contributed by atoms with E-state index in [1.165, 1.54) is 0 Å². The monoisotopic (exact) mass is 855 g/mol. The third-order valence-corrected chi connectivity index (χ3v) is 12.9. The van der Waals surface area contributed by atoms with E-state index in [1.54, 1.807) is 54.6 Å². The second-order valence-electron chi connectivity index (χ2n) is 15.5. The van der Waals surface area contributed by atoms with E-state index in [-0.39, 0.29) is 41.0 Å². The first kappa shape index (κ1) is 50.4. The fraction of sp³-hybridized carbons (Fsp3) is 0.562. The standard InChI is InChI=1S/C48H70N6O6Si/c1-8-15-18-27-37(12-5)58-43-33-24-21-30-40(43)46(55)49-52-61(36-11-4,53-50-47(56)41-31-22-25-34-44(41)59-38(13-6)28-19-16-9-2)54-51-48(57)42-32-23-26-35-45(42)60-39(14-7)29-20-17-10-3/h21-26,30-35,37-39H,8-20,27-29,36H2,1-7H3. The summed E-state index contributed by atoms with van der Waals surface area (Å²) in [6, 6.07) is 21.0. The van der Waals surface area contributed by atoms with Gasteiger partial charge in [-0.3, -0.25) is 14.4 Å². The van der Waals surface area contributed by atoms with E-state index in [0.717, 1.165) is 96.3 Å². The van der Waals surface area contributed by atoms with Gasteiger partial charge >= 0.3 is 8.56 Å². The summed E-state index contributed by atoms with van der Waals surface area (Å²) < 4.78 is 32.4. The fourth-order valence-electron chi connectivity index (χ4n) is 6.77. The van der Waals surface area contributed by atoms with Crippen LogP contribution in [0.3, 0.4) is 0 Å². The van der Waals surface area contributed by atoms with E-state index in [0.29, 0.717) is 23.7 Å². The highest BCUT2D eigenvalue weighted by Crippen LogP contribution is 2.29. The van der Waals surface area contributed by atoms with Crippen molar-refractivity contribution in [3.63, 3.8) is 0 Å². The molecule has 61 heavy (non-hydrogen) atoms. The highest BCUT2D eigenvalue weighted by atomic mass is 28.4. The van der Waals surface area contributed by atoms with Gasteiger partial charge in [0.05, 0.1) is 35.0 Å². The minimum Gasteiger partial charge on any atom is -0.490 e. The molecule has 3 unspecified atom stereocenters. The van der Waals surface area contributed by atoms with E-state index in [4.69, 9.17) is 14.2 Å². The minimum absolute atomic E-state index is 0.0720. The maximum absolute atomic E-state index is 13.9. The zero-order valence-corrected chi connectivity index (χ0v) is 38.8. The molecule has 0 bridgehead atoms. The zero-order chi connectivity index (χ0) is 44.3. The largest absolute Gasteiger partial charge is 0.493 e. The van der Waals surface area contributed by atoms with Gasteiger partial charge in [0.1, 0.15) is 17.2 Å². The van der Waals surface area contributed by atoms with Crippen LogP contribution >= 0.6 is 0 Å². The number of ether oxygens (including phenoxy) is 3. The van der Waals surface area contributed by atoms with E-state index in [9.17, 15) is 14.4 Å². The second kappa shape index (κ2) is 28.6. The number of rotatable bonds is 29. The first-order valence-electron chi connectivity index (χ1n) is 22.9. The van der Waals surface area contributed by atoms with Crippen molar-refractivity contribution in [2.75, 3.05) is 0 Å². The number of unbranched alkanes of at least 4 members (excludes halogenated alkanes) is 6. The quantitative estimate of drug-likeness (QED) is 0.0385. The van der Waals surface area contributed by atoms with Crippen LogP contribution in [0, 0.1) is 0 Å². The maximum atomic E-state index is 13.9. The molecule has 3 atom stereocenters. The Bertz CT molecular complexity index is 1660. The smallest absolute Gasteiger partial charge is 0.490 e. The summed E-state index contributed by atoms with van der Waals surface area (Å²) in [6.07, 6.45) is 14.8. The van der Waals surface area contributed by atoms with Crippen molar-refractivity contribution >= 4 is 26.3 Å². The summed E-state index contributed by atoms with van der Waals surface area (Å²) in [4.78, 5) is 41.6. The first-order chi connectivity index (χ1) is 29.7. The van der Waals surface area contributed by atoms with Crippen molar-refractivity contribution in [1.82, 2.24) is 0 Å². The highest BCUT2D eigenvalue weighted by Gasteiger charge is 2.38. The van der Waals surface area contributed by atoms with Crippen molar-refractivity contribution in [2.24, 2.45) is 29.7 Å². The van der Waals surface area contributed by atoms with E-state index < -0.39 is 26.3 Å².